The molecule has 2 rings (SSSR count). The van der Waals surface area contributed by atoms with Crippen molar-refractivity contribution in [1.29, 1.82) is 0 Å². The number of nitrogens with two attached hydrogens (primary N) is 1. The molecule has 1 fully saturated rings. The van der Waals surface area contributed by atoms with E-state index in [1.165, 1.54) is 12.8 Å². The molecule has 110 valence electrons. The van der Waals surface area contributed by atoms with Gasteiger partial charge in [-0.1, -0.05) is 11.6 Å². The van der Waals surface area contributed by atoms with Crippen LogP contribution < -0.4 is 11.1 Å². The Bertz CT molecular complexity index is 470. The second-order valence-electron chi connectivity index (χ2n) is 5.53. The summed E-state index contributed by atoms with van der Waals surface area (Å²) in [7, 11) is 2.16. The van der Waals surface area contributed by atoms with Crippen molar-refractivity contribution < 1.29 is 4.79 Å². The molecule has 1 amide bonds. The molecule has 0 aliphatic carbocycles. The topological polar surface area (TPSA) is 58.4 Å². The van der Waals surface area contributed by atoms with Crippen LogP contribution in [0.5, 0.6) is 0 Å². The number of nitrogens with one attached hydrogen (secondary N) is 1. The number of carbonyl (C=O) groups excluding carboxylic acids is 1. The summed E-state index contributed by atoms with van der Waals surface area (Å²) >= 11 is 5.92. The number of nitrogen functional groups attached to an aromatic ring is 1. The molecule has 0 aromatic heterocycles. The second kappa shape index (κ2) is 6.95. The molecule has 20 heavy (non-hydrogen) atoms. The number of benzene rings is 1. The summed E-state index contributed by atoms with van der Waals surface area (Å²) in [5.74, 6) is 0.640. The highest BCUT2D eigenvalue weighted by Crippen LogP contribution is 2.20. The van der Waals surface area contributed by atoms with E-state index < -0.39 is 0 Å². The van der Waals surface area contributed by atoms with Crippen molar-refractivity contribution in [1.82, 2.24) is 10.2 Å². The third kappa shape index (κ3) is 4.12. The van der Waals surface area contributed by atoms with Crippen LogP contribution in [0, 0.1) is 5.92 Å². The zero-order valence-electron chi connectivity index (χ0n) is 11.9. The fourth-order valence-electron chi connectivity index (χ4n) is 2.51. The van der Waals surface area contributed by atoms with Gasteiger partial charge in [-0.15, -0.1) is 0 Å². The first kappa shape index (κ1) is 15.1. The summed E-state index contributed by atoms with van der Waals surface area (Å²) in [6.45, 7) is 3.04. The van der Waals surface area contributed by atoms with Crippen LogP contribution in [0.1, 0.15) is 29.6 Å². The first-order chi connectivity index (χ1) is 9.56. The van der Waals surface area contributed by atoms with Gasteiger partial charge in [0.05, 0.1) is 10.7 Å². The quantitative estimate of drug-likeness (QED) is 0.839. The van der Waals surface area contributed by atoms with E-state index in [0.29, 0.717) is 16.3 Å². The first-order valence-corrected chi connectivity index (χ1v) is 7.46. The van der Waals surface area contributed by atoms with E-state index in [1.54, 1.807) is 18.2 Å². The Hall–Kier alpha value is -1.26. The van der Waals surface area contributed by atoms with E-state index in [-0.39, 0.29) is 5.91 Å². The number of hydrogen-bond donors (Lipinski definition) is 2. The Morgan fingerprint density at radius 3 is 2.80 bits per heavy atom. The Morgan fingerprint density at radius 1 is 1.45 bits per heavy atom. The van der Waals surface area contributed by atoms with Crippen LogP contribution in [0.3, 0.4) is 0 Å². The van der Waals surface area contributed by atoms with Gasteiger partial charge in [0.2, 0.25) is 0 Å². The number of carbonyl (C=O) groups is 1. The number of amides is 1. The van der Waals surface area contributed by atoms with Crippen molar-refractivity contribution in [3.05, 3.63) is 28.8 Å². The van der Waals surface area contributed by atoms with Gasteiger partial charge in [-0.3, -0.25) is 4.79 Å². The molecular weight excluding hydrogens is 274 g/mol. The van der Waals surface area contributed by atoms with E-state index >= 15 is 0 Å². The minimum absolute atomic E-state index is 0.0835. The molecule has 3 N–H and O–H groups in total. The summed E-state index contributed by atoms with van der Waals surface area (Å²) < 4.78 is 0. The number of halogens is 1. The maximum Gasteiger partial charge on any atom is 0.251 e. The number of anilines is 1. The van der Waals surface area contributed by atoms with Gasteiger partial charge in [0.25, 0.3) is 5.91 Å². The molecule has 0 bridgehead atoms. The van der Waals surface area contributed by atoms with E-state index in [2.05, 4.69) is 17.3 Å². The average Bonchev–Trinajstić information content (AvgIpc) is 2.44. The first-order valence-electron chi connectivity index (χ1n) is 7.08. The normalized spacial score (nSPS) is 17.1. The van der Waals surface area contributed by atoms with E-state index in [1.807, 2.05) is 0 Å². The second-order valence-corrected chi connectivity index (χ2v) is 5.93. The number of piperidine rings is 1. The minimum atomic E-state index is -0.0835. The van der Waals surface area contributed by atoms with Crippen LogP contribution in [-0.2, 0) is 0 Å². The van der Waals surface area contributed by atoms with Gasteiger partial charge >= 0.3 is 0 Å². The molecule has 1 aliphatic heterocycles. The molecule has 1 aromatic rings. The Kier molecular flexibility index (Phi) is 5.26. The lowest BCUT2D eigenvalue weighted by Crippen LogP contribution is -2.32. The highest BCUT2D eigenvalue weighted by Gasteiger charge is 2.16. The molecule has 1 aromatic carbocycles. The van der Waals surface area contributed by atoms with Gasteiger partial charge < -0.3 is 16.0 Å². The van der Waals surface area contributed by atoms with Crippen LogP contribution in [0.25, 0.3) is 0 Å². The summed E-state index contributed by atoms with van der Waals surface area (Å²) in [6, 6.07) is 4.97. The Morgan fingerprint density at radius 2 is 2.15 bits per heavy atom. The molecule has 4 nitrogen and oxygen atoms in total. The van der Waals surface area contributed by atoms with Gasteiger partial charge in [-0.2, -0.15) is 0 Å². The summed E-state index contributed by atoms with van der Waals surface area (Å²) in [5, 5.41) is 3.38. The largest absolute Gasteiger partial charge is 0.398 e. The highest BCUT2D eigenvalue weighted by molar-refractivity contribution is 6.33. The molecule has 1 heterocycles. The zero-order chi connectivity index (χ0) is 14.5. The molecule has 1 aliphatic rings. The third-order valence-corrected chi connectivity index (χ3v) is 4.27. The zero-order valence-corrected chi connectivity index (χ0v) is 12.6. The van der Waals surface area contributed by atoms with Crippen LogP contribution >= 0.6 is 11.6 Å². The summed E-state index contributed by atoms with van der Waals surface area (Å²) in [4.78, 5) is 14.3. The fourth-order valence-corrected chi connectivity index (χ4v) is 2.69. The lowest BCUT2D eigenvalue weighted by Gasteiger charge is -2.28. The van der Waals surface area contributed by atoms with Crippen LogP contribution in [0.4, 0.5) is 5.69 Å². The minimum Gasteiger partial charge on any atom is -0.398 e. The highest BCUT2D eigenvalue weighted by atomic mass is 35.5. The van der Waals surface area contributed by atoms with Gasteiger partial charge in [-0.25, -0.2) is 0 Å². The maximum absolute atomic E-state index is 12.0. The van der Waals surface area contributed by atoms with Crippen LogP contribution in [0.15, 0.2) is 18.2 Å². The number of rotatable bonds is 4. The maximum atomic E-state index is 12.0. The van der Waals surface area contributed by atoms with Gasteiger partial charge in [0, 0.05) is 12.1 Å². The summed E-state index contributed by atoms with van der Waals surface area (Å²) in [5.41, 5.74) is 6.69. The number of likely N-dealkylation sites (tertiary alicyclic amines) is 1. The van der Waals surface area contributed by atoms with E-state index in [0.717, 1.165) is 32.0 Å². The third-order valence-electron chi connectivity index (χ3n) is 3.94. The number of nitrogens with zero attached hydrogens (tertiary/aromatic N) is 1. The molecule has 0 saturated carbocycles. The lowest BCUT2D eigenvalue weighted by atomic mass is 9.94. The van der Waals surface area contributed by atoms with Crippen molar-refractivity contribution in [2.45, 2.75) is 19.3 Å². The van der Waals surface area contributed by atoms with Crippen molar-refractivity contribution >= 4 is 23.2 Å². The molecule has 0 radical (unpaired) electrons. The van der Waals surface area contributed by atoms with Crippen molar-refractivity contribution in [3.8, 4) is 0 Å². The average molecular weight is 296 g/mol. The van der Waals surface area contributed by atoms with E-state index in [4.69, 9.17) is 17.3 Å². The van der Waals surface area contributed by atoms with Crippen molar-refractivity contribution in [2.24, 2.45) is 5.92 Å². The molecular formula is C15H22ClN3O. The van der Waals surface area contributed by atoms with Crippen LogP contribution in [0.2, 0.25) is 5.02 Å². The SMILES string of the molecule is CN1CCC(CCNC(=O)c2ccc(N)c(Cl)c2)CC1. The predicted molar refractivity (Wildman–Crippen MR) is 83.0 cm³/mol. The Labute approximate surface area is 125 Å². The van der Waals surface area contributed by atoms with Crippen LogP contribution in [-0.4, -0.2) is 37.5 Å². The molecule has 1 saturated heterocycles. The molecule has 5 heteroatoms. The van der Waals surface area contributed by atoms with Crippen molar-refractivity contribution in [2.75, 3.05) is 32.4 Å². The number of hydrogen-bond acceptors (Lipinski definition) is 3. The van der Waals surface area contributed by atoms with Gasteiger partial charge in [0.15, 0.2) is 0 Å². The van der Waals surface area contributed by atoms with E-state index in [9.17, 15) is 4.79 Å². The lowest BCUT2D eigenvalue weighted by molar-refractivity contribution is 0.0949. The monoisotopic (exact) mass is 295 g/mol. The standard InChI is InChI=1S/C15H22ClN3O/c1-19-8-5-11(6-9-19)4-7-18-15(20)12-2-3-14(17)13(16)10-12/h2-3,10-11H,4-9,17H2,1H3,(H,18,20). The predicted octanol–water partition coefficient (Wildman–Crippen LogP) is 2.38. The molecule has 0 atom stereocenters. The summed E-state index contributed by atoms with van der Waals surface area (Å²) in [6.07, 6.45) is 3.49. The van der Waals surface area contributed by atoms with Crippen molar-refractivity contribution in [3.63, 3.8) is 0 Å². The van der Waals surface area contributed by atoms with Gasteiger partial charge in [-0.05, 0) is 63.5 Å². The fraction of sp³-hybridized carbons (Fsp3) is 0.533. The smallest absolute Gasteiger partial charge is 0.251 e. The van der Waals surface area contributed by atoms with Gasteiger partial charge in [0.1, 0.15) is 0 Å². The Balaban J connectivity index is 1.76. The molecule has 0 unspecified atom stereocenters. The molecule has 0 spiro atoms.